The second-order valence-corrected chi connectivity index (χ2v) is 17.0. The Balaban J connectivity index is 1.31. The summed E-state index contributed by atoms with van der Waals surface area (Å²) in [6.45, 7) is 16.3. The first kappa shape index (κ1) is 32.8. The molecule has 4 aliphatic heterocycles. The molecule has 54 heavy (non-hydrogen) atoms. The van der Waals surface area contributed by atoms with Crippen LogP contribution in [-0.4, -0.2) is 20.3 Å². The Morgan fingerprint density at radius 3 is 1.80 bits per heavy atom. The highest BCUT2D eigenvalue weighted by Gasteiger charge is 2.45. The largest absolute Gasteiger partial charge is 0.454 e. The molecular weight excluding hydrogens is 667 g/mol. The number of hydrogen-bond acceptors (Lipinski definition) is 6. The van der Waals surface area contributed by atoms with Crippen LogP contribution in [0.4, 0.5) is 34.1 Å². The molecule has 0 fully saturated rings. The van der Waals surface area contributed by atoms with Crippen molar-refractivity contribution in [3.63, 3.8) is 0 Å². The van der Waals surface area contributed by atoms with E-state index in [4.69, 9.17) is 18.9 Å². The number of nitrogens with zero attached hydrogens (tertiary/aromatic N) is 2. The highest BCUT2D eigenvalue weighted by molar-refractivity contribution is 7.00. The van der Waals surface area contributed by atoms with Gasteiger partial charge >= 0.3 is 0 Å². The van der Waals surface area contributed by atoms with Gasteiger partial charge in [-0.2, -0.15) is 0 Å². The fraction of sp³-hybridized carbons (Fsp3) is 0.234. The van der Waals surface area contributed by atoms with Crippen molar-refractivity contribution in [3.05, 3.63) is 126 Å². The van der Waals surface area contributed by atoms with Gasteiger partial charge in [0.2, 0.25) is 13.6 Å². The lowest BCUT2D eigenvalue weighted by molar-refractivity contribution is 0.173. The Morgan fingerprint density at radius 2 is 1.09 bits per heavy atom. The quantitative estimate of drug-likeness (QED) is 0.170. The molecule has 0 N–H and O–H groups in total. The van der Waals surface area contributed by atoms with Gasteiger partial charge in [0.1, 0.15) is 0 Å². The smallest absolute Gasteiger partial charge is 0.252 e. The third kappa shape index (κ3) is 5.01. The van der Waals surface area contributed by atoms with Crippen molar-refractivity contribution in [3.8, 4) is 34.1 Å². The number of hydrogen-bond donors (Lipinski definition) is 0. The molecular formula is C47H43BN2O4. The van der Waals surface area contributed by atoms with Crippen molar-refractivity contribution in [1.29, 1.82) is 0 Å². The Morgan fingerprint density at radius 1 is 0.500 bits per heavy atom. The van der Waals surface area contributed by atoms with Crippen LogP contribution in [0.15, 0.2) is 109 Å². The molecule has 10 rings (SSSR count). The van der Waals surface area contributed by atoms with Crippen molar-refractivity contribution in [1.82, 2.24) is 0 Å². The lowest BCUT2D eigenvalue weighted by Crippen LogP contribution is -2.61. The molecule has 0 saturated heterocycles. The summed E-state index contributed by atoms with van der Waals surface area (Å²) >= 11 is 0. The molecule has 0 unspecified atom stereocenters. The molecule has 0 amide bonds. The number of fused-ring (bicyclic) bond motifs is 6. The van der Waals surface area contributed by atoms with Gasteiger partial charge in [-0.05, 0) is 105 Å². The second kappa shape index (κ2) is 11.6. The van der Waals surface area contributed by atoms with Crippen LogP contribution in [0.2, 0.25) is 0 Å². The molecule has 0 spiro atoms. The molecule has 0 atom stereocenters. The van der Waals surface area contributed by atoms with Crippen molar-refractivity contribution < 1.29 is 18.9 Å². The molecule has 6 aromatic rings. The highest BCUT2D eigenvalue weighted by atomic mass is 16.7. The van der Waals surface area contributed by atoms with Crippen molar-refractivity contribution in [2.45, 2.75) is 59.3 Å². The second-order valence-electron chi connectivity index (χ2n) is 17.0. The zero-order valence-corrected chi connectivity index (χ0v) is 31.9. The van der Waals surface area contributed by atoms with Gasteiger partial charge < -0.3 is 28.7 Å². The maximum Gasteiger partial charge on any atom is 0.252 e. The minimum absolute atomic E-state index is 0.0159. The van der Waals surface area contributed by atoms with Crippen LogP contribution in [0.25, 0.3) is 11.1 Å². The highest BCUT2D eigenvalue weighted by Crippen LogP contribution is 2.50. The maximum atomic E-state index is 6.09. The van der Waals surface area contributed by atoms with Crippen molar-refractivity contribution in [2.75, 3.05) is 23.4 Å². The summed E-state index contributed by atoms with van der Waals surface area (Å²) in [5, 5.41) is 0. The number of anilines is 6. The van der Waals surface area contributed by atoms with Gasteiger partial charge in [-0.25, -0.2) is 0 Å². The maximum absolute atomic E-state index is 6.09. The van der Waals surface area contributed by atoms with Gasteiger partial charge in [0.25, 0.3) is 6.71 Å². The van der Waals surface area contributed by atoms with E-state index in [1.54, 1.807) is 0 Å². The molecule has 4 heterocycles. The van der Waals surface area contributed by atoms with Gasteiger partial charge in [-0.1, -0.05) is 90.1 Å². The molecule has 4 aliphatic rings. The molecule has 0 bridgehead atoms. The monoisotopic (exact) mass is 710 g/mol. The first-order valence-corrected chi connectivity index (χ1v) is 18.9. The SMILES string of the molecule is Cc1cc2c3c(c1)N(c1ccc(C(C)(C)C)cc1-c1ccccc1)c1ccc(C(C)(C)C)cc1B3c1cc3c(cc1N2c1ccc2c(c1)OCO2)OCO3. The van der Waals surface area contributed by atoms with E-state index in [1.165, 1.54) is 55.6 Å². The summed E-state index contributed by atoms with van der Waals surface area (Å²) in [6, 6.07) is 40.3. The van der Waals surface area contributed by atoms with E-state index in [9.17, 15) is 0 Å². The van der Waals surface area contributed by atoms with E-state index in [-0.39, 0.29) is 31.1 Å². The number of aryl methyl sites for hydroxylation is 1. The molecule has 0 aliphatic carbocycles. The number of benzene rings is 6. The predicted molar refractivity (Wildman–Crippen MR) is 220 cm³/mol. The molecule has 268 valence electrons. The zero-order valence-electron chi connectivity index (χ0n) is 31.9. The molecule has 6 aromatic carbocycles. The number of rotatable bonds is 3. The van der Waals surface area contributed by atoms with E-state index in [0.29, 0.717) is 0 Å². The van der Waals surface area contributed by atoms with Crippen LogP contribution in [0.3, 0.4) is 0 Å². The Labute approximate surface area is 318 Å². The molecule has 0 saturated carbocycles. The zero-order chi connectivity index (χ0) is 37.1. The van der Waals surface area contributed by atoms with Crippen LogP contribution in [0.1, 0.15) is 58.2 Å². The van der Waals surface area contributed by atoms with Gasteiger partial charge in [0.05, 0.1) is 11.4 Å². The fourth-order valence-electron chi connectivity index (χ4n) is 8.60. The third-order valence-corrected chi connectivity index (χ3v) is 11.4. The normalized spacial score (nSPS) is 14.9. The summed E-state index contributed by atoms with van der Waals surface area (Å²) in [5.41, 5.74) is 16.5. The Kier molecular flexibility index (Phi) is 7.04. The average molecular weight is 711 g/mol. The summed E-state index contributed by atoms with van der Waals surface area (Å²) in [6.07, 6.45) is 0. The Hall–Kier alpha value is -5.82. The predicted octanol–water partition coefficient (Wildman–Crippen LogP) is 9.80. The van der Waals surface area contributed by atoms with E-state index in [1.807, 2.05) is 6.07 Å². The van der Waals surface area contributed by atoms with Crippen LogP contribution in [-0.2, 0) is 10.8 Å². The van der Waals surface area contributed by atoms with E-state index in [0.717, 1.165) is 45.7 Å². The molecule has 6 nitrogen and oxygen atoms in total. The molecule has 0 radical (unpaired) electrons. The average Bonchev–Trinajstić information content (AvgIpc) is 3.82. The van der Waals surface area contributed by atoms with Gasteiger partial charge in [0.15, 0.2) is 23.0 Å². The summed E-state index contributed by atoms with van der Waals surface area (Å²) < 4.78 is 23.8. The van der Waals surface area contributed by atoms with E-state index >= 15 is 0 Å². The minimum atomic E-state index is -0.0621. The van der Waals surface area contributed by atoms with E-state index < -0.39 is 0 Å². The molecule has 7 heteroatoms. The summed E-state index contributed by atoms with van der Waals surface area (Å²) in [4.78, 5) is 4.90. The topological polar surface area (TPSA) is 43.4 Å². The van der Waals surface area contributed by atoms with Crippen LogP contribution in [0, 0.1) is 6.92 Å². The van der Waals surface area contributed by atoms with Crippen LogP contribution < -0.4 is 45.1 Å². The summed E-state index contributed by atoms with van der Waals surface area (Å²) in [5.74, 6) is 3.03. The number of ether oxygens (including phenoxy) is 4. The van der Waals surface area contributed by atoms with Gasteiger partial charge in [-0.3, -0.25) is 0 Å². The Bertz CT molecular complexity index is 2520. The summed E-state index contributed by atoms with van der Waals surface area (Å²) in [7, 11) is 0. The first-order valence-electron chi connectivity index (χ1n) is 18.9. The lowest BCUT2D eigenvalue weighted by Gasteiger charge is -2.45. The third-order valence-electron chi connectivity index (χ3n) is 11.4. The van der Waals surface area contributed by atoms with Gasteiger partial charge in [0, 0.05) is 40.4 Å². The fourth-order valence-corrected chi connectivity index (χ4v) is 8.60. The first-order chi connectivity index (χ1) is 25.9. The van der Waals surface area contributed by atoms with Gasteiger partial charge in [-0.15, -0.1) is 0 Å². The van der Waals surface area contributed by atoms with Crippen LogP contribution in [0.5, 0.6) is 23.0 Å². The minimum Gasteiger partial charge on any atom is -0.454 e. The van der Waals surface area contributed by atoms with Crippen molar-refractivity contribution in [2.24, 2.45) is 0 Å². The van der Waals surface area contributed by atoms with Crippen LogP contribution >= 0.6 is 0 Å². The molecule has 0 aromatic heterocycles. The standard InChI is InChI=1S/C47H43BN2O4/c1-28-19-39-45-40(20-28)50(36-16-13-30(46(2,3)4)21-33(36)29-11-9-8-10-12-29)37-17-14-31(47(5,6)7)22-34(37)48(45)35-24-43-44(54-27-53-43)25-38(35)49(39)32-15-18-41-42(23-32)52-26-51-41/h8-25H,26-27H2,1-7H3. The van der Waals surface area contributed by atoms with Crippen molar-refractivity contribution >= 4 is 57.2 Å². The lowest BCUT2D eigenvalue weighted by atomic mass is 9.33. The van der Waals surface area contributed by atoms with E-state index in [2.05, 4.69) is 161 Å².